The predicted octanol–water partition coefficient (Wildman–Crippen LogP) is 4.30. The Hall–Kier alpha value is -3.58. The molecule has 0 aromatic heterocycles. The lowest BCUT2D eigenvalue weighted by molar-refractivity contribution is 0.102. The van der Waals surface area contributed by atoms with Gasteiger partial charge in [0.1, 0.15) is 12.4 Å². The van der Waals surface area contributed by atoms with E-state index in [1.165, 1.54) is 12.1 Å². The standard InChI is InChI=1S/C22H20N2O4S/c1-2-16-28-20-12-8-17(9-13-20)22(25)23-18-10-14-21(15-11-18)29(26,27)24-19-6-4-3-5-7-19/h2-15,24H,1,16H2,(H,23,25). The van der Waals surface area contributed by atoms with Gasteiger partial charge >= 0.3 is 0 Å². The van der Waals surface area contributed by atoms with Gasteiger partial charge in [-0.15, -0.1) is 0 Å². The first-order valence-corrected chi connectivity index (χ1v) is 10.3. The number of carbonyl (C=O) groups excluding carboxylic acids is 1. The van der Waals surface area contributed by atoms with E-state index in [4.69, 9.17) is 4.74 Å². The van der Waals surface area contributed by atoms with E-state index in [0.29, 0.717) is 29.3 Å². The van der Waals surface area contributed by atoms with Crippen molar-refractivity contribution in [2.75, 3.05) is 16.6 Å². The van der Waals surface area contributed by atoms with E-state index in [-0.39, 0.29) is 10.8 Å². The number of sulfonamides is 1. The van der Waals surface area contributed by atoms with Crippen molar-refractivity contribution < 1.29 is 17.9 Å². The minimum Gasteiger partial charge on any atom is -0.490 e. The summed E-state index contributed by atoms with van der Waals surface area (Å²) in [6.07, 6.45) is 1.64. The van der Waals surface area contributed by atoms with Crippen LogP contribution < -0.4 is 14.8 Å². The van der Waals surface area contributed by atoms with E-state index in [1.807, 2.05) is 0 Å². The molecular weight excluding hydrogens is 388 g/mol. The van der Waals surface area contributed by atoms with E-state index in [0.717, 1.165) is 0 Å². The lowest BCUT2D eigenvalue weighted by Crippen LogP contribution is -2.14. The van der Waals surface area contributed by atoms with Crippen molar-refractivity contribution in [3.63, 3.8) is 0 Å². The summed E-state index contributed by atoms with van der Waals surface area (Å²) >= 11 is 0. The highest BCUT2D eigenvalue weighted by atomic mass is 32.2. The van der Waals surface area contributed by atoms with Crippen molar-refractivity contribution in [2.24, 2.45) is 0 Å². The molecule has 0 aliphatic carbocycles. The van der Waals surface area contributed by atoms with E-state index in [2.05, 4.69) is 16.6 Å². The number of para-hydroxylation sites is 1. The van der Waals surface area contributed by atoms with Gasteiger partial charge in [0.25, 0.3) is 15.9 Å². The molecule has 148 valence electrons. The number of ether oxygens (including phenoxy) is 1. The van der Waals surface area contributed by atoms with Crippen LogP contribution in [0.4, 0.5) is 11.4 Å². The quantitative estimate of drug-likeness (QED) is 0.544. The maximum atomic E-state index is 12.4. The molecule has 0 atom stereocenters. The molecule has 0 saturated carbocycles. The van der Waals surface area contributed by atoms with Gasteiger partial charge in [-0.25, -0.2) is 8.42 Å². The van der Waals surface area contributed by atoms with Crippen LogP contribution in [-0.2, 0) is 10.0 Å². The van der Waals surface area contributed by atoms with Gasteiger partial charge in [0.05, 0.1) is 4.90 Å². The van der Waals surface area contributed by atoms with Crippen molar-refractivity contribution in [1.82, 2.24) is 0 Å². The largest absolute Gasteiger partial charge is 0.490 e. The lowest BCUT2D eigenvalue weighted by atomic mass is 10.2. The summed E-state index contributed by atoms with van der Waals surface area (Å²) in [5.41, 5.74) is 1.42. The van der Waals surface area contributed by atoms with Crippen LogP contribution in [0.3, 0.4) is 0 Å². The van der Waals surface area contributed by atoms with E-state index < -0.39 is 10.0 Å². The van der Waals surface area contributed by atoms with Gasteiger partial charge in [0, 0.05) is 16.9 Å². The van der Waals surface area contributed by atoms with Crippen LogP contribution in [0.2, 0.25) is 0 Å². The Kier molecular flexibility index (Phi) is 6.31. The Morgan fingerprint density at radius 1 is 0.897 bits per heavy atom. The van der Waals surface area contributed by atoms with Crippen LogP contribution in [0.5, 0.6) is 5.75 Å². The van der Waals surface area contributed by atoms with E-state index in [1.54, 1.807) is 72.8 Å². The molecule has 3 aromatic carbocycles. The SMILES string of the molecule is C=CCOc1ccc(C(=O)Nc2ccc(S(=O)(=O)Nc3ccccc3)cc2)cc1. The van der Waals surface area contributed by atoms with Crippen LogP contribution >= 0.6 is 0 Å². The summed E-state index contributed by atoms with van der Waals surface area (Å²) in [5.74, 6) is 0.334. The normalized spacial score (nSPS) is 10.8. The molecule has 0 saturated heterocycles. The molecule has 1 amide bonds. The smallest absolute Gasteiger partial charge is 0.261 e. The first kappa shape index (κ1) is 20.2. The number of hydrogen-bond donors (Lipinski definition) is 2. The zero-order chi connectivity index (χ0) is 20.7. The van der Waals surface area contributed by atoms with Gasteiger partial charge in [-0.2, -0.15) is 0 Å². The summed E-state index contributed by atoms with van der Waals surface area (Å²) in [4.78, 5) is 12.5. The number of carbonyl (C=O) groups is 1. The number of hydrogen-bond acceptors (Lipinski definition) is 4. The summed E-state index contributed by atoms with van der Waals surface area (Å²) in [6, 6.07) is 21.3. The van der Waals surface area contributed by atoms with Crippen molar-refractivity contribution in [2.45, 2.75) is 4.90 Å². The zero-order valence-electron chi connectivity index (χ0n) is 15.5. The average molecular weight is 408 g/mol. The number of benzene rings is 3. The Labute approximate surface area is 169 Å². The molecule has 2 N–H and O–H groups in total. The van der Waals surface area contributed by atoms with Gasteiger partial charge in [0.2, 0.25) is 0 Å². The Morgan fingerprint density at radius 3 is 2.17 bits per heavy atom. The molecule has 0 bridgehead atoms. The molecule has 0 unspecified atom stereocenters. The second-order valence-electron chi connectivity index (χ2n) is 6.07. The third-order valence-corrected chi connectivity index (χ3v) is 5.33. The minimum absolute atomic E-state index is 0.100. The average Bonchev–Trinajstić information content (AvgIpc) is 2.73. The fourth-order valence-electron chi connectivity index (χ4n) is 2.50. The summed E-state index contributed by atoms with van der Waals surface area (Å²) in [7, 11) is -3.71. The minimum atomic E-state index is -3.71. The third-order valence-electron chi connectivity index (χ3n) is 3.93. The number of rotatable bonds is 8. The first-order valence-electron chi connectivity index (χ1n) is 8.81. The van der Waals surface area contributed by atoms with Crippen LogP contribution in [0.25, 0.3) is 0 Å². The second-order valence-corrected chi connectivity index (χ2v) is 7.76. The monoisotopic (exact) mass is 408 g/mol. The van der Waals surface area contributed by atoms with Crippen LogP contribution in [0.1, 0.15) is 10.4 Å². The predicted molar refractivity (Wildman–Crippen MR) is 114 cm³/mol. The number of amides is 1. The molecule has 0 fully saturated rings. The molecular formula is C22H20N2O4S. The number of anilines is 2. The highest BCUT2D eigenvalue weighted by Gasteiger charge is 2.14. The molecule has 0 heterocycles. The fourth-order valence-corrected chi connectivity index (χ4v) is 3.56. The first-order chi connectivity index (χ1) is 14.0. The van der Waals surface area contributed by atoms with Gasteiger partial charge in [-0.1, -0.05) is 30.9 Å². The van der Waals surface area contributed by atoms with Crippen molar-refractivity contribution in [3.8, 4) is 5.75 Å². The highest BCUT2D eigenvalue weighted by molar-refractivity contribution is 7.92. The van der Waals surface area contributed by atoms with Crippen molar-refractivity contribution >= 4 is 27.3 Å². The third kappa shape index (κ3) is 5.46. The van der Waals surface area contributed by atoms with E-state index in [9.17, 15) is 13.2 Å². The molecule has 0 aliphatic heterocycles. The summed E-state index contributed by atoms with van der Waals surface area (Å²) in [5, 5.41) is 2.74. The summed E-state index contributed by atoms with van der Waals surface area (Å²) < 4.78 is 32.8. The van der Waals surface area contributed by atoms with Crippen LogP contribution in [0, 0.1) is 0 Å². The van der Waals surface area contributed by atoms with Gasteiger partial charge < -0.3 is 10.1 Å². The van der Waals surface area contributed by atoms with Crippen molar-refractivity contribution in [3.05, 3.63) is 97.1 Å². The molecule has 29 heavy (non-hydrogen) atoms. The van der Waals surface area contributed by atoms with Gasteiger partial charge in [0.15, 0.2) is 0 Å². The zero-order valence-corrected chi connectivity index (χ0v) is 16.4. The Bertz CT molecular complexity index is 1080. The molecule has 0 spiro atoms. The molecule has 7 heteroatoms. The Balaban J connectivity index is 1.65. The fraction of sp³-hybridized carbons (Fsp3) is 0.0455. The molecule has 6 nitrogen and oxygen atoms in total. The maximum absolute atomic E-state index is 12.4. The van der Waals surface area contributed by atoms with Crippen LogP contribution in [0.15, 0.2) is 96.4 Å². The summed E-state index contributed by atoms with van der Waals surface area (Å²) in [6.45, 7) is 3.97. The lowest BCUT2D eigenvalue weighted by Gasteiger charge is -2.10. The van der Waals surface area contributed by atoms with Crippen molar-refractivity contribution in [1.29, 1.82) is 0 Å². The molecule has 0 aliphatic rings. The number of nitrogens with one attached hydrogen (secondary N) is 2. The van der Waals surface area contributed by atoms with E-state index >= 15 is 0 Å². The van der Waals surface area contributed by atoms with Crippen LogP contribution in [-0.4, -0.2) is 20.9 Å². The topological polar surface area (TPSA) is 84.5 Å². The molecule has 3 rings (SSSR count). The molecule has 0 radical (unpaired) electrons. The van der Waals surface area contributed by atoms with Gasteiger partial charge in [-0.05, 0) is 60.7 Å². The second kappa shape index (κ2) is 9.07. The Morgan fingerprint density at radius 2 is 1.55 bits per heavy atom. The molecule has 3 aromatic rings. The highest BCUT2D eigenvalue weighted by Crippen LogP contribution is 2.19. The van der Waals surface area contributed by atoms with Gasteiger partial charge in [-0.3, -0.25) is 9.52 Å². The maximum Gasteiger partial charge on any atom is 0.261 e.